The Morgan fingerprint density at radius 3 is 2.70 bits per heavy atom. The molecule has 1 fully saturated rings. The fraction of sp³-hybridized carbons (Fsp3) is 0.500. The van der Waals surface area contributed by atoms with Gasteiger partial charge in [-0.3, -0.25) is 10.1 Å². The van der Waals surface area contributed by atoms with Crippen molar-refractivity contribution in [3.63, 3.8) is 0 Å². The lowest BCUT2D eigenvalue weighted by Crippen LogP contribution is -2.34. The number of rotatable bonds is 4. The molecule has 0 spiro atoms. The summed E-state index contributed by atoms with van der Waals surface area (Å²) in [5, 5.41) is 20.1. The molecular formula is C14H18N4O2. The summed E-state index contributed by atoms with van der Waals surface area (Å²) in [6.45, 7) is 2.25. The first-order valence-corrected chi connectivity index (χ1v) is 6.79. The molecule has 0 bridgehead atoms. The molecule has 0 radical (unpaired) electrons. The minimum Gasteiger partial charge on any atom is -0.366 e. The quantitative estimate of drug-likeness (QED) is 0.669. The van der Waals surface area contributed by atoms with Gasteiger partial charge < -0.3 is 10.6 Å². The zero-order valence-electron chi connectivity index (χ0n) is 11.3. The summed E-state index contributed by atoms with van der Waals surface area (Å²) in [5.74, 6) is 0.606. The molecule has 6 heteroatoms. The van der Waals surface area contributed by atoms with E-state index in [1.54, 1.807) is 6.07 Å². The molecule has 20 heavy (non-hydrogen) atoms. The highest BCUT2D eigenvalue weighted by molar-refractivity contribution is 5.66. The van der Waals surface area contributed by atoms with Crippen LogP contribution in [0, 0.1) is 27.4 Å². The van der Waals surface area contributed by atoms with Gasteiger partial charge >= 0.3 is 0 Å². The number of nitrogens with zero attached hydrogens (tertiary/aromatic N) is 3. The van der Waals surface area contributed by atoms with E-state index in [-0.39, 0.29) is 10.6 Å². The van der Waals surface area contributed by atoms with Gasteiger partial charge in [-0.05, 0) is 43.9 Å². The van der Waals surface area contributed by atoms with E-state index in [9.17, 15) is 10.1 Å². The topological polar surface area (TPSA) is 96.2 Å². The van der Waals surface area contributed by atoms with Crippen LogP contribution in [0.25, 0.3) is 0 Å². The number of piperidine rings is 1. The van der Waals surface area contributed by atoms with Crippen molar-refractivity contribution in [2.24, 2.45) is 11.7 Å². The van der Waals surface area contributed by atoms with E-state index in [1.807, 2.05) is 11.0 Å². The average molecular weight is 274 g/mol. The number of nitriles is 1. The maximum atomic E-state index is 11.1. The Bertz CT molecular complexity index is 530. The molecule has 6 nitrogen and oxygen atoms in total. The lowest BCUT2D eigenvalue weighted by molar-refractivity contribution is -0.384. The molecule has 0 aliphatic carbocycles. The monoisotopic (exact) mass is 274 g/mol. The molecule has 0 amide bonds. The van der Waals surface area contributed by atoms with Crippen LogP contribution in [0.3, 0.4) is 0 Å². The van der Waals surface area contributed by atoms with Crippen molar-refractivity contribution in [1.82, 2.24) is 0 Å². The van der Waals surface area contributed by atoms with Gasteiger partial charge in [0.25, 0.3) is 5.69 Å². The Labute approximate surface area is 117 Å². The molecule has 0 aromatic heterocycles. The molecule has 0 unspecified atom stereocenters. The van der Waals surface area contributed by atoms with Crippen LogP contribution in [-0.4, -0.2) is 24.6 Å². The summed E-state index contributed by atoms with van der Waals surface area (Å²) in [4.78, 5) is 12.7. The van der Waals surface area contributed by atoms with Crippen molar-refractivity contribution in [3.8, 4) is 6.07 Å². The first-order chi connectivity index (χ1) is 9.65. The second kappa shape index (κ2) is 6.35. The van der Waals surface area contributed by atoms with Crippen LogP contribution in [-0.2, 0) is 0 Å². The highest BCUT2D eigenvalue weighted by Crippen LogP contribution is 2.32. The zero-order chi connectivity index (χ0) is 14.5. The first-order valence-electron chi connectivity index (χ1n) is 6.79. The van der Waals surface area contributed by atoms with Gasteiger partial charge in [-0.25, -0.2) is 0 Å². The predicted molar refractivity (Wildman–Crippen MR) is 76.4 cm³/mol. The van der Waals surface area contributed by atoms with Crippen molar-refractivity contribution in [2.75, 3.05) is 24.5 Å². The number of nitro groups is 1. The highest BCUT2D eigenvalue weighted by atomic mass is 16.6. The molecule has 2 rings (SSSR count). The Morgan fingerprint density at radius 2 is 2.15 bits per heavy atom. The van der Waals surface area contributed by atoms with E-state index < -0.39 is 0 Å². The fourth-order valence-electron chi connectivity index (χ4n) is 2.70. The molecule has 2 N–H and O–H groups in total. The Hall–Kier alpha value is -2.13. The van der Waals surface area contributed by atoms with Crippen LogP contribution in [0.5, 0.6) is 0 Å². The van der Waals surface area contributed by atoms with Gasteiger partial charge in [-0.1, -0.05) is 0 Å². The number of hydrogen-bond acceptors (Lipinski definition) is 5. The average Bonchev–Trinajstić information content (AvgIpc) is 2.47. The van der Waals surface area contributed by atoms with Gasteiger partial charge in [0, 0.05) is 19.2 Å². The second-order valence-electron chi connectivity index (χ2n) is 5.08. The van der Waals surface area contributed by atoms with E-state index in [2.05, 4.69) is 0 Å². The Balaban J connectivity index is 2.20. The third kappa shape index (κ3) is 3.06. The van der Waals surface area contributed by atoms with Crippen molar-refractivity contribution in [3.05, 3.63) is 33.9 Å². The van der Waals surface area contributed by atoms with Gasteiger partial charge in [0.2, 0.25) is 0 Å². The Kier molecular flexibility index (Phi) is 4.53. The van der Waals surface area contributed by atoms with Crippen LogP contribution in [0.4, 0.5) is 11.4 Å². The van der Waals surface area contributed by atoms with Crippen molar-refractivity contribution < 1.29 is 4.92 Å². The standard InChI is InChI=1S/C14H18N4O2/c15-6-3-11-4-7-17(8-5-11)14-9-12(10-16)1-2-13(14)18(19)20/h1-2,9,11H,3-8,15H2. The molecule has 1 aliphatic heterocycles. The number of anilines is 1. The van der Waals surface area contributed by atoms with E-state index in [1.165, 1.54) is 12.1 Å². The molecule has 1 aromatic rings. The SMILES string of the molecule is N#Cc1ccc([N+](=O)[O-])c(N2CCC(CCN)CC2)c1. The maximum absolute atomic E-state index is 11.1. The molecule has 106 valence electrons. The maximum Gasteiger partial charge on any atom is 0.292 e. The summed E-state index contributed by atoms with van der Waals surface area (Å²) < 4.78 is 0. The molecular weight excluding hydrogens is 256 g/mol. The van der Waals surface area contributed by atoms with Crippen molar-refractivity contribution >= 4 is 11.4 Å². The second-order valence-corrected chi connectivity index (χ2v) is 5.08. The van der Waals surface area contributed by atoms with Crippen molar-refractivity contribution in [1.29, 1.82) is 5.26 Å². The zero-order valence-corrected chi connectivity index (χ0v) is 11.3. The summed E-state index contributed by atoms with van der Waals surface area (Å²) in [7, 11) is 0. The van der Waals surface area contributed by atoms with Gasteiger partial charge in [0.15, 0.2) is 0 Å². The van der Waals surface area contributed by atoms with Crippen molar-refractivity contribution in [2.45, 2.75) is 19.3 Å². The van der Waals surface area contributed by atoms with Crippen LogP contribution in [0.1, 0.15) is 24.8 Å². The minimum atomic E-state index is -0.386. The molecule has 0 atom stereocenters. The number of nitrogens with two attached hydrogens (primary N) is 1. The van der Waals surface area contributed by atoms with Gasteiger partial charge in [0.1, 0.15) is 5.69 Å². The molecule has 1 heterocycles. The van der Waals surface area contributed by atoms with Crippen LogP contribution in [0.15, 0.2) is 18.2 Å². The van der Waals surface area contributed by atoms with Gasteiger partial charge in [-0.2, -0.15) is 5.26 Å². The molecule has 1 aliphatic rings. The Morgan fingerprint density at radius 1 is 1.45 bits per heavy atom. The summed E-state index contributed by atoms with van der Waals surface area (Å²) in [6.07, 6.45) is 2.99. The molecule has 0 saturated carbocycles. The normalized spacial score (nSPS) is 15.9. The molecule has 1 saturated heterocycles. The lowest BCUT2D eigenvalue weighted by atomic mass is 9.93. The van der Waals surface area contributed by atoms with Gasteiger partial charge in [-0.15, -0.1) is 0 Å². The third-order valence-electron chi connectivity index (χ3n) is 3.83. The van der Waals surface area contributed by atoms with E-state index in [0.717, 1.165) is 32.4 Å². The van der Waals surface area contributed by atoms with Crippen LogP contribution >= 0.6 is 0 Å². The largest absolute Gasteiger partial charge is 0.366 e. The number of hydrogen-bond donors (Lipinski definition) is 1. The first kappa shape index (κ1) is 14.3. The number of benzene rings is 1. The summed E-state index contributed by atoms with van der Waals surface area (Å²) >= 11 is 0. The summed E-state index contributed by atoms with van der Waals surface area (Å²) in [6, 6.07) is 6.55. The highest BCUT2D eigenvalue weighted by Gasteiger charge is 2.24. The van der Waals surface area contributed by atoms with E-state index >= 15 is 0 Å². The molecule has 1 aromatic carbocycles. The van der Waals surface area contributed by atoms with Gasteiger partial charge in [0.05, 0.1) is 16.6 Å². The van der Waals surface area contributed by atoms with E-state index in [4.69, 9.17) is 11.0 Å². The van der Waals surface area contributed by atoms with Crippen LogP contribution < -0.4 is 10.6 Å². The van der Waals surface area contributed by atoms with E-state index in [0.29, 0.717) is 23.7 Å². The minimum absolute atomic E-state index is 0.0706. The number of nitro benzene ring substituents is 1. The van der Waals surface area contributed by atoms with Crippen LogP contribution in [0.2, 0.25) is 0 Å². The smallest absolute Gasteiger partial charge is 0.292 e. The predicted octanol–water partition coefficient (Wildman–Crippen LogP) is 2.03. The fourth-order valence-corrected chi connectivity index (χ4v) is 2.70. The third-order valence-corrected chi connectivity index (χ3v) is 3.83. The lowest BCUT2D eigenvalue weighted by Gasteiger charge is -2.33. The summed E-state index contributed by atoms with van der Waals surface area (Å²) in [5.41, 5.74) is 6.65.